The summed E-state index contributed by atoms with van der Waals surface area (Å²) in [4.78, 5) is 11.6. The Morgan fingerprint density at radius 1 is 1.00 bits per heavy atom. The van der Waals surface area contributed by atoms with Gasteiger partial charge in [-0.1, -0.05) is 0 Å². The molecule has 136 valence electrons. The van der Waals surface area contributed by atoms with Gasteiger partial charge in [0.2, 0.25) is 0 Å². The highest BCUT2D eigenvalue weighted by atomic mass is 16.6. The van der Waals surface area contributed by atoms with Gasteiger partial charge in [-0.3, -0.25) is 5.32 Å². The van der Waals surface area contributed by atoms with Gasteiger partial charge in [-0.05, 0) is 45.0 Å². The molecule has 0 saturated carbocycles. The van der Waals surface area contributed by atoms with Crippen LogP contribution in [0.1, 0.15) is 20.8 Å². The first-order chi connectivity index (χ1) is 11.4. The number of benzene rings is 1. The molecule has 2 N–H and O–H groups in total. The van der Waals surface area contributed by atoms with Gasteiger partial charge in [0, 0.05) is 5.69 Å². The summed E-state index contributed by atoms with van der Waals surface area (Å²) in [5, 5.41) is 11.2. The monoisotopic (exact) mass is 341 g/mol. The standard InChI is InChI=1S/C17H27NO6/c1-17(2,3)24-16(20)18-14-4-6-15(7-5-14)23-13-12-22-11-10-21-9-8-19/h4-7,19H,8-13H2,1-3H3,(H,18,20). The van der Waals surface area contributed by atoms with Crippen LogP contribution >= 0.6 is 0 Å². The van der Waals surface area contributed by atoms with E-state index >= 15 is 0 Å². The fourth-order valence-corrected chi connectivity index (χ4v) is 1.66. The molecule has 0 saturated heterocycles. The fourth-order valence-electron chi connectivity index (χ4n) is 1.66. The highest BCUT2D eigenvalue weighted by Crippen LogP contribution is 2.17. The summed E-state index contributed by atoms with van der Waals surface area (Å²) in [6, 6.07) is 7.00. The minimum absolute atomic E-state index is 0.0158. The lowest BCUT2D eigenvalue weighted by Crippen LogP contribution is -2.27. The van der Waals surface area contributed by atoms with E-state index in [1.165, 1.54) is 0 Å². The van der Waals surface area contributed by atoms with Gasteiger partial charge < -0.3 is 24.1 Å². The van der Waals surface area contributed by atoms with Gasteiger partial charge in [0.25, 0.3) is 0 Å². The Kier molecular flexibility index (Phi) is 9.14. The Morgan fingerprint density at radius 3 is 2.17 bits per heavy atom. The molecule has 7 heteroatoms. The molecule has 24 heavy (non-hydrogen) atoms. The molecule has 0 spiro atoms. The summed E-state index contributed by atoms with van der Waals surface area (Å²) in [5.41, 5.74) is 0.102. The van der Waals surface area contributed by atoms with Crippen molar-refractivity contribution in [1.82, 2.24) is 0 Å². The molecule has 1 aromatic rings. The zero-order valence-corrected chi connectivity index (χ0v) is 14.5. The number of carbonyl (C=O) groups excluding carboxylic acids is 1. The first-order valence-corrected chi connectivity index (χ1v) is 7.90. The van der Waals surface area contributed by atoms with Crippen LogP contribution in [0.2, 0.25) is 0 Å². The van der Waals surface area contributed by atoms with Gasteiger partial charge in [0.1, 0.15) is 18.0 Å². The molecule has 0 aliphatic carbocycles. The van der Waals surface area contributed by atoms with Crippen molar-refractivity contribution in [2.45, 2.75) is 26.4 Å². The maximum atomic E-state index is 11.6. The van der Waals surface area contributed by atoms with E-state index in [-0.39, 0.29) is 6.61 Å². The third kappa shape index (κ3) is 10.0. The molecule has 0 atom stereocenters. The zero-order valence-electron chi connectivity index (χ0n) is 14.5. The lowest BCUT2D eigenvalue weighted by Gasteiger charge is -2.19. The van der Waals surface area contributed by atoms with Crippen LogP contribution in [0.25, 0.3) is 0 Å². The van der Waals surface area contributed by atoms with Crippen molar-refractivity contribution in [3.63, 3.8) is 0 Å². The number of carbonyl (C=O) groups is 1. The summed E-state index contributed by atoms with van der Waals surface area (Å²) in [6.07, 6.45) is -0.493. The fraction of sp³-hybridized carbons (Fsp3) is 0.588. The third-order valence-electron chi connectivity index (χ3n) is 2.60. The summed E-state index contributed by atoms with van der Waals surface area (Å²) in [6.45, 7) is 7.54. The van der Waals surface area contributed by atoms with E-state index < -0.39 is 11.7 Å². The number of rotatable bonds is 10. The number of hydrogen-bond donors (Lipinski definition) is 2. The zero-order chi connectivity index (χ0) is 17.8. The van der Waals surface area contributed by atoms with E-state index in [0.29, 0.717) is 44.5 Å². The quantitative estimate of drug-likeness (QED) is 0.636. The van der Waals surface area contributed by atoms with E-state index in [2.05, 4.69) is 5.32 Å². The van der Waals surface area contributed by atoms with E-state index in [4.69, 9.17) is 24.1 Å². The van der Waals surface area contributed by atoms with Gasteiger partial charge in [-0.25, -0.2) is 4.79 Å². The van der Waals surface area contributed by atoms with Crippen LogP contribution in [0.15, 0.2) is 24.3 Å². The van der Waals surface area contributed by atoms with Crippen LogP contribution in [0.5, 0.6) is 5.75 Å². The lowest BCUT2D eigenvalue weighted by molar-refractivity contribution is 0.0247. The van der Waals surface area contributed by atoms with Crippen molar-refractivity contribution in [1.29, 1.82) is 0 Å². The molecule has 0 radical (unpaired) electrons. The summed E-state index contributed by atoms with van der Waals surface area (Å²) in [7, 11) is 0. The molecule has 0 aliphatic rings. The topological polar surface area (TPSA) is 86.3 Å². The molecular weight excluding hydrogens is 314 g/mol. The summed E-state index contributed by atoms with van der Waals surface area (Å²) in [5.74, 6) is 0.685. The number of hydrogen-bond acceptors (Lipinski definition) is 6. The first-order valence-electron chi connectivity index (χ1n) is 7.90. The lowest BCUT2D eigenvalue weighted by atomic mass is 10.2. The number of anilines is 1. The Labute approximate surface area is 142 Å². The van der Waals surface area contributed by atoms with Crippen molar-refractivity contribution >= 4 is 11.8 Å². The van der Waals surface area contributed by atoms with Crippen molar-refractivity contribution < 1.29 is 28.8 Å². The van der Waals surface area contributed by atoms with Crippen LogP contribution in [0, 0.1) is 0 Å². The average Bonchev–Trinajstić information content (AvgIpc) is 2.49. The van der Waals surface area contributed by atoms with Crippen LogP contribution in [-0.2, 0) is 14.2 Å². The van der Waals surface area contributed by atoms with Gasteiger partial charge in [0.15, 0.2) is 0 Å². The van der Waals surface area contributed by atoms with Crippen LogP contribution in [-0.4, -0.2) is 56.4 Å². The van der Waals surface area contributed by atoms with Gasteiger partial charge >= 0.3 is 6.09 Å². The SMILES string of the molecule is CC(C)(C)OC(=O)Nc1ccc(OCCOCCOCCO)cc1. The van der Waals surface area contributed by atoms with E-state index in [0.717, 1.165) is 0 Å². The number of amides is 1. The predicted octanol–water partition coefficient (Wildman–Crippen LogP) is 2.44. The molecule has 7 nitrogen and oxygen atoms in total. The van der Waals surface area contributed by atoms with Crippen molar-refractivity contribution in [2.75, 3.05) is 45.0 Å². The van der Waals surface area contributed by atoms with Crippen molar-refractivity contribution in [2.24, 2.45) is 0 Å². The summed E-state index contributed by atoms with van der Waals surface area (Å²) >= 11 is 0. The van der Waals surface area contributed by atoms with Crippen LogP contribution in [0.3, 0.4) is 0 Å². The van der Waals surface area contributed by atoms with Gasteiger partial charge in [0.05, 0.1) is 33.0 Å². The van der Waals surface area contributed by atoms with Crippen molar-refractivity contribution in [3.05, 3.63) is 24.3 Å². The molecule has 1 rings (SSSR count). The smallest absolute Gasteiger partial charge is 0.412 e. The minimum atomic E-state index is -0.531. The average molecular weight is 341 g/mol. The molecule has 0 aliphatic heterocycles. The number of nitrogens with one attached hydrogen (secondary N) is 1. The largest absolute Gasteiger partial charge is 0.491 e. The maximum absolute atomic E-state index is 11.6. The highest BCUT2D eigenvalue weighted by Gasteiger charge is 2.16. The normalized spacial score (nSPS) is 11.2. The van der Waals surface area contributed by atoms with Gasteiger partial charge in [-0.2, -0.15) is 0 Å². The van der Waals surface area contributed by atoms with Crippen LogP contribution in [0.4, 0.5) is 10.5 Å². The second kappa shape index (κ2) is 10.9. The highest BCUT2D eigenvalue weighted by molar-refractivity contribution is 5.84. The van der Waals surface area contributed by atoms with Gasteiger partial charge in [-0.15, -0.1) is 0 Å². The Morgan fingerprint density at radius 2 is 1.58 bits per heavy atom. The van der Waals surface area contributed by atoms with E-state index in [1.54, 1.807) is 24.3 Å². The Balaban J connectivity index is 2.19. The molecule has 0 bridgehead atoms. The predicted molar refractivity (Wildman–Crippen MR) is 90.5 cm³/mol. The second-order valence-electron chi connectivity index (χ2n) is 5.95. The molecule has 0 unspecified atom stereocenters. The number of ether oxygens (including phenoxy) is 4. The van der Waals surface area contributed by atoms with E-state index in [9.17, 15) is 4.79 Å². The molecular formula is C17H27NO6. The molecule has 0 aromatic heterocycles. The first kappa shape index (κ1) is 20.2. The minimum Gasteiger partial charge on any atom is -0.491 e. The summed E-state index contributed by atoms with van der Waals surface area (Å²) < 4.78 is 21.1. The molecule has 0 fully saturated rings. The molecule has 0 heterocycles. The number of aliphatic hydroxyl groups excluding tert-OH is 1. The van der Waals surface area contributed by atoms with E-state index in [1.807, 2.05) is 20.8 Å². The Bertz CT molecular complexity index is 469. The second-order valence-corrected chi connectivity index (χ2v) is 5.95. The number of aliphatic hydroxyl groups is 1. The molecule has 1 amide bonds. The molecule has 1 aromatic carbocycles. The Hall–Kier alpha value is -1.83. The maximum Gasteiger partial charge on any atom is 0.412 e. The van der Waals surface area contributed by atoms with Crippen molar-refractivity contribution in [3.8, 4) is 5.75 Å². The van der Waals surface area contributed by atoms with Crippen LogP contribution < -0.4 is 10.1 Å². The third-order valence-corrected chi connectivity index (χ3v) is 2.60.